The molecule has 90 valence electrons. The molecule has 0 saturated carbocycles. The van der Waals surface area contributed by atoms with Crippen molar-refractivity contribution in [1.29, 1.82) is 0 Å². The number of anilines is 1. The van der Waals surface area contributed by atoms with Crippen LogP contribution in [0.3, 0.4) is 0 Å². The Balaban J connectivity index is 2.79. The molecule has 1 heterocycles. The molecule has 0 aromatic carbocycles. The zero-order chi connectivity index (χ0) is 12.3. The van der Waals surface area contributed by atoms with E-state index in [2.05, 4.69) is 4.98 Å². The molecular weight excluding hydrogens is 235 g/mol. The first kappa shape index (κ1) is 12.6. The third-order valence-corrected chi connectivity index (χ3v) is 1.63. The van der Waals surface area contributed by atoms with Crippen molar-refractivity contribution in [2.75, 3.05) is 18.5 Å². The minimum absolute atomic E-state index is 0.182. The minimum Gasteiger partial charge on any atom is -0.390 e. The summed E-state index contributed by atoms with van der Waals surface area (Å²) in [6.07, 6.45) is 0. The van der Waals surface area contributed by atoms with E-state index < -0.39 is 42.5 Å². The van der Waals surface area contributed by atoms with Crippen LogP contribution in [0, 0.1) is 17.6 Å². The van der Waals surface area contributed by atoms with Crippen molar-refractivity contribution >= 4 is 5.82 Å². The predicted octanol–water partition coefficient (Wildman–Crippen LogP) is 1.54. The van der Waals surface area contributed by atoms with E-state index in [0.717, 1.165) is 0 Å². The van der Waals surface area contributed by atoms with Gasteiger partial charge >= 0.3 is 0 Å². The fraction of sp³-hybridized carbons (Fsp3) is 0.375. The van der Waals surface area contributed by atoms with Crippen LogP contribution in [0.4, 0.5) is 27.8 Å². The number of hydrogen-bond acceptors (Lipinski definition) is 3. The molecule has 0 bridgehead atoms. The zero-order valence-electron chi connectivity index (χ0n) is 7.78. The van der Waals surface area contributed by atoms with Gasteiger partial charge in [0.25, 0.3) is 11.9 Å². The van der Waals surface area contributed by atoms with E-state index in [0.29, 0.717) is 0 Å². The molecule has 0 radical (unpaired) electrons. The molecular formula is C8H7F5N2O. The molecule has 8 heteroatoms. The van der Waals surface area contributed by atoms with Crippen LogP contribution in [0.25, 0.3) is 0 Å². The molecule has 2 N–H and O–H groups in total. The average Bonchev–Trinajstić information content (AvgIpc) is 2.22. The molecule has 0 fully saturated rings. The molecule has 1 rings (SSSR count). The van der Waals surface area contributed by atoms with E-state index in [1.54, 1.807) is 5.32 Å². The molecule has 3 nitrogen and oxygen atoms in total. The van der Waals surface area contributed by atoms with E-state index in [1.807, 2.05) is 0 Å². The summed E-state index contributed by atoms with van der Waals surface area (Å²) in [5, 5.41) is 9.97. The van der Waals surface area contributed by atoms with E-state index >= 15 is 0 Å². The van der Waals surface area contributed by atoms with Gasteiger partial charge in [-0.2, -0.15) is 9.37 Å². The summed E-state index contributed by atoms with van der Waals surface area (Å²) in [5.41, 5.74) is 0. The van der Waals surface area contributed by atoms with E-state index in [4.69, 9.17) is 5.11 Å². The molecule has 1 aromatic heterocycles. The predicted molar refractivity (Wildman–Crippen MR) is 44.6 cm³/mol. The first-order valence-electron chi connectivity index (χ1n) is 4.10. The molecule has 0 aliphatic rings. The summed E-state index contributed by atoms with van der Waals surface area (Å²) in [4.78, 5) is 2.77. The topological polar surface area (TPSA) is 45.1 Å². The van der Waals surface area contributed by atoms with Crippen molar-refractivity contribution in [3.63, 3.8) is 0 Å². The Morgan fingerprint density at radius 3 is 2.44 bits per heavy atom. The molecule has 0 amide bonds. The fourth-order valence-corrected chi connectivity index (χ4v) is 0.837. The monoisotopic (exact) mass is 242 g/mol. The lowest BCUT2D eigenvalue weighted by molar-refractivity contribution is -0.0373. The fourth-order valence-electron chi connectivity index (χ4n) is 0.837. The lowest BCUT2D eigenvalue weighted by Gasteiger charge is -2.14. The second-order valence-electron chi connectivity index (χ2n) is 2.96. The number of pyridine rings is 1. The Kier molecular flexibility index (Phi) is 3.63. The summed E-state index contributed by atoms with van der Waals surface area (Å²) in [6, 6.07) is 0.182. The number of hydrogen-bond donors (Lipinski definition) is 2. The van der Waals surface area contributed by atoms with E-state index in [1.165, 1.54) is 0 Å². The average molecular weight is 242 g/mol. The Bertz CT molecular complexity index is 385. The third-order valence-electron chi connectivity index (χ3n) is 1.63. The van der Waals surface area contributed by atoms with Crippen LogP contribution < -0.4 is 5.32 Å². The van der Waals surface area contributed by atoms with Crippen LogP contribution in [0.2, 0.25) is 0 Å². The Labute approximate surface area is 86.9 Å². The Morgan fingerprint density at radius 2 is 1.88 bits per heavy atom. The molecule has 0 spiro atoms. The van der Waals surface area contributed by atoms with Crippen LogP contribution in [0.1, 0.15) is 0 Å². The molecule has 0 aliphatic heterocycles. The summed E-state index contributed by atoms with van der Waals surface area (Å²) in [5.74, 6) is -8.76. The van der Waals surface area contributed by atoms with Crippen LogP contribution in [0.5, 0.6) is 0 Å². The van der Waals surface area contributed by atoms with Gasteiger partial charge in [-0.25, -0.2) is 17.6 Å². The van der Waals surface area contributed by atoms with Crippen molar-refractivity contribution in [2.24, 2.45) is 0 Å². The third kappa shape index (κ3) is 3.02. The van der Waals surface area contributed by atoms with E-state index in [-0.39, 0.29) is 6.07 Å². The maximum absolute atomic E-state index is 12.9. The van der Waals surface area contributed by atoms with Gasteiger partial charge in [0, 0.05) is 6.07 Å². The number of rotatable bonds is 4. The van der Waals surface area contributed by atoms with Gasteiger partial charge in [0.1, 0.15) is 6.61 Å². The SMILES string of the molecule is OCC(F)(F)CNc1nc(F)c(F)cc1F. The molecule has 0 aliphatic carbocycles. The number of aliphatic hydroxyl groups excluding tert-OH is 1. The molecule has 0 saturated heterocycles. The van der Waals surface area contributed by atoms with Crippen LogP contribution in [-0.4, -0.2) is 29.2 Å². The van der Waals surface area contributed by atoms with Crippen molar-refractivity contribution in [3.8, 4) is 0 Å². The Morgan fingerprint density at radius 1 is 1.25 bits per heavy atom. The normalized spacial score (nSPS) is 11.6. The Hall–Kier alpha value is -1.44. The van der Waals surface area contributed by atoms with Crippen LogP contribution in [0.15, 0.2) is 6.07 Å². The van der Waals surface area contributed by atoms with Gasteiger partial charge in [-0.3, -0.25) is 0 Å². The van der Waals surface area contributed by atoms with Crippen molar-refractivity contribution in [1.82, 2.24) is 4.98 Å². The summed E-state index contributed by atoms with van der Waals surface area (Å²) in [7, 11) is 0. The van der Waals surface area contributed by atoms with Gasteiger partial charge in [0.05, 0.1) is 6.54 Å². The van der Waals surface area contributed by atoms with Crippen LogP contribution >= 0.6 is 0 Å². The summed E-state index contributed by atoms with van der Waals surface area (Å²) in [6.45, 7) is -2.59. The summed E-state index contributed by atoms with van der Waals surface area (Å²) < 4.78 is 62.8. The number of nitrogens with one attached hydrogen (secondary N) is 1. The van der Waals surface area contributed by atoms with Gasteiger partial charge in [0.2, 0.25) is 0 Å². The van der Waals surface area contributed by atoms with Crippen molar-refractivity contribution < 1.29 is 27.1 Å². The van der Waals surface area contributed by atoms with Gasteiger partial charge in [-0.15, -0.1) is 0 Å². The number of nitrogens with zero attached hydrogens (tertiary/aromatic N) is 1. The highest BCUT2D eigenvalue weighted by Gasteiger charge is 2.28. The van der Waals surface area contributed by atoms with Gasteiger partial charge in [0.15, 0.2) is 17.5 Å². The number of halogens is 5. The maximum Gasteiger partial charge on any atom is 0.287 e. The highest BCUT2D eigenvalue weighted by atomic mass is 19.3. The number of alkyl halides is 2. The van der Waals surface area contributed by atoms with Gasteiger partial charge in [-0.1, -0.05) is 0 Å². The molecule has 0 unspecified atom stereocenters. The minimum atomic E-state index is -3.50. The second kappa shape index (κ2) is 4.60. The van der Waals surface area contributed by atoms with Crippen molar-refractivity contribution in [3.05, 3.63) is 23.6 Å². The maximum atomic E-state index is 12.9. The highest BCUT2D eigenvalue weighted by molar-refractivity contribution is 5.36. The highest BCUT2D eigenvalue weighted by Crippen LogP contribution is 2.17. The smallest absolute Gasteiger partial charge is 0.287 e. The van der Waals surface area contributed by atoms with Crippen LogP contribution in [-0.2, 0) is 0 Å². The standard InChI is InChI=1S/C8H7F5N2O/c9-4-1-5(10)7(15-6(4)11)14-2-8(12,13)3-16/h1,16H,2-3H2,(H,14,15). The molecule has 16 heavy (non-hydrogen) atoms. The first-order chi connectivity index (χ1) is 7.35. The number of aromatic nitrogens is 1. The molecule has 1 aromatic rings. The largest absolute Gasteiger partial charge is 0.390 e. The number of aliphatic hydroxyl groups is 1. The molecule has 0 atom stereocenters. The zero-order valence-corrected chi connectivity index (χ0v) is 7.78. The summed E-state index contributed by atoms with van der Waals surface area (Å²) >= 11 is 0. The van der Waals surface area contributed by atoms with Crippen molar-refractivity contribution in [2.45, 2.75) is 5.92 Å². The lowest BCUT2D eigenvalue weighted by Crippen LogP contribution is -2.31. The quantitative estimate of drug-likeness (QED) is 0.621. The lowest BCUT2D eigenvalue weighted by atomic mass is 10.3. The first-order valence-corrected chi connectivity index (χ1v) is 4.10. The van der Waals surface area contributed by atoms with Gasteiger partial charge < -0.3 is 10.4 Å². The van der Waals surface area contributed by atoms with Gasteiger partial charge in [-0.05, 0) is 0 Å². The second-order valence-corrected chi connectivity index (χ2v) is 2.96. The van der Waals surface area contributed by atoms with E-state index in [9.17, 15) is 22.0 Å².